The molecule has 2 atom stereocenters. The summed E-state index contributed by atoms with van der Waals surface area (Å²) in [5.74, 6) is 1.46. The van der Waals surface area contributed by atoms with Crippen molar-refractivity contribution in [1.82, 2.24) is 16.0 Å². The SMILES string of the molecule is C=C(NC(C)(C)C(C)CNC(C)(C)C)c1cccc(OCC(C)OCC(=O)NC/C=C/C(C)C)c1. The highest BCUT2D eigenvalue weighted by Crippen LogP contribution is 2.24. The highest BCUT2D eigenvalue weighted by Gasteiger charge is 2.27. The zero-order valence-corrected chi connectivity index (χ0v) is 23.5. The van der Waals surface area contributed by atoms with Gasteiger partial charge in [-0.05, 0) is 65.5 Å². The largest absolute Gasteiger partial charge is 0.491 e. The van der Waals surface area contributed by atoms with Crippen molar-refractivity contribution in [1.29, 1.82) is 0 Å². The summed E-state index contributed by atoms with van der Waals surface area (Å²) in [4.78, 5) is 11.9. The lowest BCUT2D eigenvalue weighted by Crippen LogP contribution is -2.50. The van der Waals surface area contributed by atoms with Gasteiger partial charge in [-0.2, -0.15) is 0 Å². The average molecular weight is 488 g/mol. The van der Waals surface area contributed by atoms with Crippen LogP contribution in [0.15, 0.2) is 43.0 Å². The summed E-state index contributed by atoms with van der Waals surface area (Å²) in [7, 11) is 0. The molecule has 35 heavy (non-hydrogen) atoms. The first-order chi connectivity index (χ1) is 16.2. The molecular weight excluding hydrogens is 438 g/mol. The molecule has 1 amide bonds. The van der Waals surface area contributed by atoms with Crippen molar-refractivity contribution in [3.63, 3.8) is 0 Å². The molecule has 6 nitrogen and oxygen atoms in total. The number of hydrogen-bond acceptors (Lipinski definition) is 5. The monoisotopic (exact) mass is 487 g/mol. The van der Waals surface area contributed by atoms with E-state index < -0.39 is 0 Å². The van der Waals surface area contributed by atoms with Gasteiger partial charge in [0.1, 0.15) is 19.0 Å². The Morgan fingerprint density at radius 3 is 2.43 bits per heavy atom. The van der Waals surface area contributed by atoms with Gasteiger partial charge in [-0.15, -0.1) is 0 Å². The van der Waals surface area contributed by atoms with Crippen LogP contribution in [0.5, 0.6) is 5.75 Å². The van der Waals surface area contributed by atoms with E-state index in [-0.39, 0.29) is 29.7 Å². The van der Waals surface area contributed by atoms with E-state index in [0.29, 0.717) is 25.0 Å². The highest BCUT2D eigenvalue weighted by molar-refractivity contribution is 5.77. The number of amides is 1. The molecular formula is C29H49N3O3. The summed E-state index contributed by atoms with van der Waals surface area (Å²) in [6.45, 7) is 25.3. The van der Waals surface area contributed by atoms with Crippen LogP contribution < -0.4 is 20.7 Å². The van der Waals surface area contributed by atoms with E-state index in [1.807, 2.05) is 37.3 Å². The van der Waals surface area contributed by atoms with Crippen LogP contribution in [0.25, 0.3) is 5.70 Å². The summed E-state index contributed by atoms with van der Waals surface area (Å²) >= 11 is 0. The number of benzene rings is 1. The van der Waals surface area contributed by atoms with E-state index in [1.54, 1.807) is 0 Å². The van der Waals surface area contributed by atoms with E-state index in [2.05, 4.69) is 84.0 Å². The maximum atomic E-state index is 11.9. The number of allylic oxidation sites excluding steroid dienone is 1. The Morgan fingerprint density at radius 1 is 1.11 bits per heavy atom. The zero-order valence-electron chi connectivity index (χ0n) is 23.5. The molecule has 0 aliphatic heterocycles. The van der Waals surface area contributed by atoms with Crippen molar-refractivity contribution in [2.75, 3.05) is 26.3 Å². The van der Waals surface area contributed by atoms with Crippen molar-refractivity contribution in [2.45, 2.75) is 79.5 Å². The smallest absolute Gasteiger partial charge is 0.246 e. The summed E-state index contributed by atoms with van der Waals surface area (Å²) in [6.07, 6.45) is 3.80. The predicted molar refractivity (Wildman–Crippen MR) is 148 cm³/mol. The Bertz CT molecular complexity index is 825. The topological polar surface area (TPSA) is 71.6 Å². The Kier molecular flexibility index (Phi) is 12.5. The molecule has 0 saturated heterocycles. The molecule has 198 valence electrons. The first-order valence-corrected chi connectivity index (χ1v) is 12.7. The molecule has 6 heteroatoms. The second kappa shape index (κ2) is 14.3. The van der Waals surface area contributed by atoms with Crippen LogP contribution in [-0.2, 0) is 9.53 Å². The van der Waals surface area contributed by atoms with Gasteiger partial charge in [0, 0.05) is 35.4 Å². The van der Waals surface area contributed by atoms with Gasteiger partial charge in [-0.1, -0.05) is 51.6 Å². The number of hydrogen-bond donors (Lipinski definition) is 3. The number of ether oxygens (including phenoxy) is 2. The number of nitrogens with one attached hydrogen (secondary N) is 3. The maximum absolute atomic E-state index is 11.9. The third-order valence-electron chi connectivity index (χ3n) is 5.75. The number of carbonyl (C=O) groups is 1. The summed E-state index contributed by atoms with van der Waals surface area (Å²) in [6, 6.07) is 7.87. The molecule has 1 aromatic rings. The van der Waals surface area contributed by atoms with Crippen LogP contribution in [0, 0.1) is 11.8 Å². The minimum Gasteiger partial charge on any atom is -0.491 e. The number of rotatable bonds is 15. The third kappa shape index (κ3) is 13.4. The van der Waals surface area contributed by atoms with Crippen molar-refractivity contribution in [3.05, 3.63) is 48.6 Å². The van der Waals surface area contributed by atoms with Crippen molar-refractivity contribution < 1.29 is 14.3 Å². The molecule has 0 heterocycles. The highest BCUT2D eigenvalue weighted by atomic mass is 16.5. The van der Waals surface area contributed by atoms with Gasteiger partial charge in [-0.25, -0.2) is 0 Å². The first kappa shape index (κ1) is 30.7. The molecule has 1 aromatic carbocycles. The molecule has 0 aliphatic carbocycles. The van der Waals surface area contributed by atoms with Gasteiger partial charge in [0.15, 0.2) is 0 Å². The molecule has 0 fully saturated rings. The molecule has 0 aromatic heterocycles. The maximum Gasteiger partial charge on any atom is 0.246 e. The molecule has 0 bridgehead atoms. The molecule has 1 rings (SSSR count). The second-order valence-electron chi connectivity index (χ2n) is 11.3. The van der Waals surface area contributed by atoms with Gasteiger partial charge in [0.25, 0.3) is 0 Å². The molecule has 0 spiro atoms. The van der Waals surface area contributed by atoms with Crippen LogP contribution in [0.1, 0.15) is 67.9 Å². The Morgan fingerprint density at radius 2 is 1.80 bits per heavy atom. The fraction of sp³-hybridized carbons (Fsp3) is 0.621. The minimum absolute atomic E-state index is 0.0121. The number of carbonyl (C=O) groups excluding carboxylic acids is 1. The van der Waals surface area contributed by atoms with Gasteiger partial charge in [0.05, 0.1) is 6.10 Å². The van der Waals surface area contributed by atoms with Crippen molar-refractivity contribution in [3.8, 4) is 5.75 Å². The van der Waals surface area contributed by atoms with E-state index in [9.17, 15) is 4.79 Å². The molecule has 3 N–H and O–H groups in total. The molecule has 0 saturated carbocycles. The van der Waals surface area contributed by atoms with Gasteiger partial charge in [-0.3, -0.25) is 4.79 Å². The van der Waals surface area contributed by atoms with E-state index in [4.69, 9.17) is 9.47 Å². The minimum atomic E-state index is -0.216. The fourth-order valence-corrected chi connectivity index (χ4v) is 3.12. The second-order valence-corrected chi connectivity index (χ2v) is 11.3. The standard InChI is InChI=1S/C29H49N3O3/c1-21(2)13-12-16-30-27(33)20-34-23(4)19-35-26-15-11-14-25(17-26)24(5)32-29(9,10)22(3)18-31-28(6,7)8/h11-15,17,21-23,31-32H,5,16,18-20H2,1-4,6-10H3,(H,30,33)/b13-12+. The van der Waals surface area contributed by atoms with Gasteiger partial charge < -0.3 is 25.4 Å². The third-order valence-corrected chi connectivity index (χ3v) is 5.75. The quantitative estimate of drug-likeness (QED) is 0.298. The average Bonchev–Trinajstić information content (AvgIpc) is 2.76. The Balaban J connectivity index is 2.52. The molecule has 0 radical (unpaired) electrons. The van der Waals surface area contributed by atoms with Crippen LogP contribution in [0.3, 0.4) is 0 Å². The van der Waals surface area contributed by atoms with Crippen LogP contribution in [0.4, 0.5) is 0 Å². The lowest BCUT2D eigenvalue weighted by Gasteiger charge is -2.36. The van der Waals surface area contributed by atoms with Crippen LogP contribution in [-0.4, -0.2) is 49.4 Å². The first-order valence-electron chi connectivity index (χ1n) is 12.7. The Hall–Kier alpha value is -2.31. The van der Waals surface area contributed by atoms with Crippen molar-refractivity contribution >= 4 is 11.6 Å². The normalized spacial score (nSPS) is 14.1. The zero-order chi connectivity index (χ0) is 26.6. The van der Waals surface area contributed by atoms with Gasteiger partial charge >= 0.3 is 0 Å². The van der Waals surface area contributed by atoms with E-state index in [1.165, 1.54) is 0 Å². The van der Waals surface area contributed by atoms with E-state index >= 15 is 0 Å². The lowest BCUT2D eigenvalue weighted by atomic mass is 9.87. The summed E-state index contributed by atoms with van der Waals surface area (Å²) in [5, 5.41) is 9.99. The van der Waals surface area contributed by atoms with Crippen LogP contribution >= 0.6 is 0 Å². The summed E-state index contributed by atoms with van der Waals surface area (Å²) in [5.41, 5.74) is 1.78. The Labute approximate surface area is 213 Å². The molecule has 0 aliphatic rings. The van der Waals surface area contributed by atoms with Crippen molar-refractivity contribution in [2.24, 2.45) is 11.8 Å². The van der Waals surface area contributed by atoms with Crippen LogP contribution in [0.2, 0.25) is 0 Å². The summed E-state index contributed by atoms with van der Waals surface area (Å²) < 4.78 is 11.5. The fourth-order valence-electron chi connectivity index (χ4n) is 3.12. The molecule has 2 unspecified atom stereocenters. The lowest BCUT2D eigenvalue weighted by molar-refractivity contribution is -0.127. The van der Waals surface area contributed by atoms with E-state index in [0.717, 1.165) is 23.6 Å². The van der Waals surface area contributed by atoms with Gasteiger partial charge in [0.2, 0.25) is 5.91 Å². The predicted octanol–water partition coefficient (Wildman–Crippen LogP) is 5.16.